The van der Waals surface area contributed by atoms with Crippen molar-refractivity contribution in [2.75, 3.05) is 0 Å². The van der Waals surface area contributed by atoms with E-state index in [9.17, 15) is 0 Å². The molecule has 0 atom stereocenters. The van der Waals surface area contributed by atoms with Gasteiger partial charge in [0.25, 0.3) is 0 Å². The van der Waals surface area contributed by atoms with E-state index in [2.05, 4.69) is 31.7 Å². The minimum Gasteiger partial charge on any atom is -0.117 e. The monoisotopic (exact) mass is 134 g/mol. The first kappa shape index (κ1) is 7.37. The van der Waals surface area contributed by atoms with Crippen LogP contribution in [0.2, 0.25) is 0 Å². The Bertz CT molecular complexity index is 186. The van der Waals surface area contributed by atoms with Gasteiger partial charge in [-0.1, -0.05) is 26.0 Å². The fourth-order valence-electron chi connectivity index (χ4n) is 1.33. The summed E-state index contributed by atoms with van der Waals surface area (Å²) in [6, 6.07) is 0. The third-order valence-corrected chi connectivity index (χ3v) is 2.05. The zero-order valence-corrected chi connectivity index (χ0v) is 6.72. The minimum atomic E-state index is 0.731. The van der Waals surface area contributed by atoms with Gasteiger partial charge in [-0.15, -0.1) is 5.73 Å². The van der Waals surface area contributed by atoms with Gasteiger partial charge in [-0.25, -0.2) is 0 Å². The van der Waals surface area contributed by atoms with Crippen LogP contribution < -0.4 is 0 Å². The third kappa shape index (κ3) is 1.40. The summed E-state index contributed by atoms with van der Waals surface area (Å²) >= 11 is 0. The van der Waals surface area contributed by atoms with Crippen LogP contribution in [-0.4, -0.2) is 0 Å². The molecule has 0 heteroatoms. The van der Waals surface area contributed by atoms with Gasteiger partial charge in [-0.05, 0) is 30.4 Å². The van der Waals surface area contributed by atoms with E-state index in [4.69, 9.17) is 0 Å². The molecular weight excluding hydrogens is 120 g/mol. The van der Waals surface area contributed by atoms with Crippen molar-refractivity contribution in [1.29, 1.82) is 0 Å². The molecule has 0 heterocycles. The summed E-state index contributed by atoms with van der Waals surface area (Å²) in [6.07, 6.45) is 8.69. The zero-order valence-electron chi connectivity index (χ0n) is 6.72. The maximum Gasteiger partial charge on any atom is -0.00294 e. The lowest BCUT2D eigenvalue weighted by Crippen LogP contribution is -1.96. The SMILES string of the molecule is CCC(CC)C1=C=CC=C1. The Hall–Kier alpha value is -0.740. The van der Waals surface area contributed by atoms with Crippen molar-refractivity contribution in [2.24, 2.45) is 5.92 Å². The van der Waals surface area contributed by atoms with Crippen molar-refractivity contribution in [3.05, 3.63) is 29.5 Å². The topological polar surface area (TPSA) is 0 Å². The quantitative estimate of drug-likeness (QED) is 0.520. The number of allylic oxidation sites excluding steroid dienone is 3. The lowest BCUT2D eigenvalue weighted by Gasteiger charge is -2.09. The Balaban J connectivity index is 2.63. The molecule has 10 heavy (non-hydrogen) atoms. The van der Waals surface area contributed by atoms with Gasteiger partial charge >= 0.3 is 0 Å². The molecule has 0 saturated heterocycles. The number of hydrogen-bond donors (Lipinski definition) is 0. The average molecular weight is 134 g/mol. The van der Waals surface area contributed by atoms with Crippen molar-refractivity contribution >= 4 is 0 Å². The first-order valence-corrected chi connectivity index (χ1v) is 4.01. The van der Waals surface area contributed by atoms with Crippen LogP contribution in [0, 0.1) is 5.92 Å². The summed E-state index contributed by atoms with van der Waals surface area (Å²) in [6.45, 7) is 4.46. The average Bonchev–Trinajstić information content (AvgIpc) is 2.43. The Morgan fingerprint density at radius 3 is 2.50 bits per heavy atom. The van der Waals surface area contributed by atoms with E-state index in [1.807, 2.05) is 6.08 Å². The maximum absolute atomic E-state index is 3.24. The molecule has 1 aliphatic rings. The van der Waals surface area contributed by atoms with Gasteiger partial charge in [0.15, 0.2) is 0 Å². The molecule has 0 saturated carbocycles. The summed E-state index contributed by atoms with van der Waals surface area (Å²) in [5, 5.41) is 0. The number of rotatable bonds is 3. The molecule has 0 fully saturated rings. The highest BCUT2D eigenvalue weighted by Crippen LogP contribution is 2.20. The lowest BCUT2D eigenvalue weighted by atomic mass is 9.95. The first-order valence-electron chi connectivity index (χ1n) is 4.01. The predicted octanol–water partition coefficient (Wildman–Crippen LogP) is 3.07. The molecule has 0 spiro atoms. The molecule has 0 bridgehead atoms. The molecule has 0 N–H and O–H groups in total. The molecule has 0 unspecified atom stereocenters. The van der Waals surface area contributed by atoms with Gasteiger partial charge in [0.05, 0.1) is 0 Å². The van der Waals surface area contributed by atoms with Crippen LogP contribution in [0.1, 0.15) is 26.7 Å². The van der Waals surface area contributed by atoms with E-state index < -0.39 is 0 Å². The van der Waals surface area contributed by atoms with Gasteiger partial charge in [-0.3, -0.25) is 0 Å². The second-order valence-corrected chi connectivity index (χ2v) is 2.64. The molecule has 0 aromatic heterocycles. The smallest absolute Gasteiger partial charge is 0.00294 e. The van der Waals surface area contributed by atoms with E-state index in [0.29, 0.717) is 0 Å². The van der Waals surface area contributed by atoms with Crippen molar-refractivity contribution in [1.82, 2.24) is 0 Å². The molecule has 0 amide bonds. The first-order chi connectivity index (χ1) is 4.88. The van der Waals surface area contributed by atoms with Crippen LogP contribution in [0.5, 0.6) is 0 Å². The second-order valence-electron chi connectivity index (χ2n) is 2.64. The van der Waals surface area contributed by atoms with Crippen LogP contribution in [0.25, 0.3) is 0 Å². The van der Waals surface area contributed by atoms with E-state index in [1.165, 1.54) is 18.4 Å². The molecule has 0 aliphatic heterocycles. The summed E-state index contributed by atoms with van der Waals surface area (Å²) in [7, 11) is 0. The lowest BCUT2D eigenvalue weighted by molar-refractivity contribution is 0.585. The Morgan fingerprint density at radius 1 is 1.40 bits per heavy atom. The Kier molecular flexibility index (Phi) is 2.53. The van der Waals surface area contributed by atoms with Gasteiger partial charge in [0.2, 0.25) is 0 Å². The third-order valence-electron chi connectivity index (χ3n) is 2.05. The highest BCUT2D eigenvalue weighted by molar-refractivity contribution is 5.30. The van der Waals surface area contributed by atoms with Crippen LogP contribution in [-0.2, 0) is 0 Å². The van der Waals surface area contributed by atoms with Gasteiger partial charge in [0.1, 0.15) is 0 Å². The van der Waals surface area contributed by atoms with Gasteiger partial charge < -0.3 is 0 Å². The maximum atomic E-state index is 3.24. The van der Waals surface area contributed by atoms with Crippen LogP contribution in [0.15, 0.2) is 29.5 Å². The van der Waals surface area contributed by atoms with Crippen molar-refractivity contribution in [3.8, 4) is 0 Å². The highest BCUT2D eigenvalue weighted by atomic mass is 14.1. The molecule has 54 valence electrons. The van der Waals surface area contributed by atoms with E-state index in [1.54, 1.807) is 0 Å². The van der Waals surface area contributed by atoms with Crippen LogP contribution in [0.4, 0.5) is 0 Å². The molecule has 0 radical (unpaired) electrons. The standard InChI is InChI=1S/C10H14/c1-3-9(4-2)10-7-5-6-8-10/h5-7,9H,3-4H2,1-2H3. The molecular formula is C10H14. The van der Waals surface area contributed by atoms with Crippen LogP contribution in [0.3, 0.4) is 0 Å². The zero-order chi connectivity index (χ0) is 7.40. The minimum absolute atomic E-state index is 0.731. The van der Waals surface area contributed by atoms with Crippen molar-refractivity contribution in [2.45, 2.75) is 26.7 Å². The molecule has 1 aliphatic carbocycles. The largest absolute Gasteiger partial charge is 0.117 e. The highest BCUT2D eigenvalue weighted by Gasteiger charge is 2.07. The van der Waals surface area contributed by atoms with E-state index in [0.717, 1.165) is 5.92 Å². The van der Waals surface area contributed by atoms with E-state index in [-0.39, 0.29) is 0 Å². The van der Waals surface area contributed by atoms with Crippen LogP contribution >= 0.6 is 0 Å². The predicted molar refractivity (Wildman–Crippen MR) is 44.8 cm³/mol. The molecule has 0 aromatic rings. The summed E-state index contributed by atoms with van der Waals surface area (Å²) in [5.74, 6) is 0.731. The molecule has 1 rings (SSSR count). The summed E-state index contributed by atoms with van der Waals surface area (Å²) in [5.41, 5.74) is 4.62. The molecule has 0 aromatic carbocycles. The fraction of sp³-hybridized carbons (Fsp3) is 0.500. The Labute approximate surface area is 62.9 Å². The normalized spacial score (nSPS) is 14.9. The van der Waals surface area contributed by atoms with Gasteiger partial charge in [0, 0.05) is 0 Å². The Morgan fingerprint density at radius 2 is 2.10 bits per heavy atom. The van der Waals surface area contributed by atoms with Crippen molar-refractivity contribution in [3.63, 3.8) is 0 Å². The van der Waals surface area contributed by atoms with E-state index >= 15 is 0 Å². The van der Waals surface area contributed by atoms with Crippen molar-refractivity contribution < 1.29 is 0 Å². The summed E-state index contributed by atoms with van der Waals surface area (Å²) < 4.78 is 0. The number of hydrogen-bond acceptors (Lipinski definition) is 0. The van der Waals surface area contributed by atoms with Gasteiger partial charge in [-0.2, -0.15) is 0 Å². The summed E-state index contributed by atoms with van der Waals surface area (Å²) in [4.78, 5) is 0. The fourth-order valence-corrected chi connectivity index (χ4v) is 1.33. The second kappa shape index (κ2) is 3.43. The molecule has 0 nitrogen and oxygen atoms in total.